The van der Waals surface area contributed by atoms with Crippen LogP contribution in [0.5, 0.6) is 0 Å². The molecule has 0 spiro atoms. The van der Waals surface area contributed by atoms with Gasteiger partial charge in [-0.2, -0.15) is 0 Å². The number of carbonyl (C=O) groups excluding carboxylic acids is 2. The largest absolute Gasteiger partial charge is 0.369 e. The number of alkyl halides is 1. The van der Waals surface area contributed by atoms with Gasteiger partial charge in [-0.3, -0.25) is 14.6 Å². The zero-order valence-corrected chi connectivity index (χ0v) is 20.9. The zero-order valence-electron chi connectivity index (χ0n) is 20.9. The summed E-state index contributed by atoms with van der Waals surface area (Å²) in [6.45, 7) is 3.11. The molecule has 0 saturated carbocycles. The molecule has 0 bridgehead atoms. The number of pyridine rings is 1. The van der Waals surface area contributed by atoms with Crippen molar-refractivity contribution in [3.05, 3.63) is 77.1 Å². The van der Waals surface area contributed by atoms with Gasteiger partial charge >= 0.3 is 0 Å². The molecule has 1 fully saturated rings. The summed E-state index contributed by atoms with van der Waals surface area (Å²) in [6, 6.07) is 4.84. The molecule has 1 aliphatic carbocycles. The van der Waals surface area contributed by atoms with Crippen LogP contribution >= 0.6 is 0 Å². The Labute approximate surface area is 213 Å². The van der Waals surface area contributed by atoms with Crippen molar-refractivity contribution in [2.45, 2.75) is 31.0 Å². The van der Waals surface area contributed by atoms with Crippen molar-refractivity contribution in [1.29, 1.82) is 0 Å². The highest BCUT2D eigenvalue weighted by Crippen LogP contribution is 2.47. The number of carbonyl (C=O) groups is 2. The van der Waals surface area contributed by atoms with Gasteiger partial charge in [0.2, 0.25) is 5.91 Å². The van der Waals surface area contributed by atoms with Gasteiger partial charge in [0, 0.05) is 73.6 Å². The number of halogens is 3. The number of primary amides is 1. The van der Waals surface area contributed by atoms with Gasteiger partial charge in [0.05, 0.1) is 0 Å². The summed E-state index contributed by atoms with van der Waals surface area (Å²) in [7, 11) is 3.01. The molecule has 4 atom stereocenters. The Balaban J connectivity index is 1.84. The van der Waals surface area contributed by atoms with Crippen LogP contribution < -0.4 is 16.4 Å². The van der Waals surface area contributed by atoms with Gasteiger partial charge < -0.3 is 21.3 Å². The molecule has 2 aromatic rings. The minimum atomic E-state index is -2.38. The third kappa shape index (κ3) is 4.61. The molecule has 4 N–H and O–H groups in total. The zero-order chi connectivity index (χ0) is 27.1. The van der Waals surface area contributed by atoms with E-state index >= 15 is 13.2 Å². The summed E-state index contributed by atoms with van der Waals surface area (Å²) >= 11 is 0. The molecule has 4 rings (SSSR count). The molecular weight excluding hydrogens is 483 g/mol. The molecule has 1 aromatic heterocycles. The lowest BCUT2D eigenvalue weighted by molar-refractivity contribution is -0.123. The van der Waals surface area contributed by atoms with E-state index < -0.39 is 46.2 Å². The standard InChI is InChI=1S/C27H30F3N5O2/c1-15-10-17(31)14-35(13-15)22-7-9-33-12-19(22)27(26(32)37)8-6-20(28)23(24(27)30)18-5-4-16(11-21(18)29)25(36)34(2)3/h4-9,11-12,15,17,24H,10,13-14,31H2,1-3H3,(H2,32,37)/t15-,17+,24?,27?/m1/s1. The van der Waals surface area contributed by atoms with Crippen LogP contribution in [0, 0.1) is 11.7 Å². The van der Waals surface area contributed by atoms with Gasteiger partial charge in [-0.25, -0.2) is 13.2 Å². The number of amides is 2. The SMILES string of the molecule is C[C@@H]1C[C@H](N)CN(c2ccncc2C2(C(N)=O)C=CC(F)=C(c3ccc(C(=O)N(C)C)cc3F)C2F)C1. The van der Waals surface area contributed by atoms with Crippen molar-refractivity contribution < 1.29 is 22.8 Å². The van der Waals surface area contributed by atoms with Crippen molar-refractivity contribution in [1.82, 2.24) is 9.88 Å². The predicted octanol–water partition coefficient (Wildman–Crippen LogP) is 3.11. The fourth-order valence-electron chi connectivity index (χ4n) is 5.26. The number of anilines is 1. The second kappa shape index (κ2) is 10.0. The van der Waals surface area contributed by atoms with Crippen LogP contribution in [0.3, 0.4) is 0 Å². The van der Waals surface area contributed by atoms with Crippen LogP contribution in [0.25, 0.3) is 5.57 Å². The van der Waals surface area contributed by atoms with Crippen molar-refractivity contribution in [2.24, 2.45) is 17.4 Å². The molecule has 1 saturated heterocycles. The van der Waals surface area contributed by atoms with E-state index in [0.717, 1.165) is 30.7 Å². The Morgan fingerprint density at radius 1 is 1.19 bits per heavy atom. The molecule has 1 aliphatic heterocycles. The van der Waals surface area contributed by atoms with Gasteiger partial charge in [0.1, 0.15) is 17.1 Å². The first-order valence-corrected chi connectivity index (χ1v) is 12.0. The lowest BCUT2D eigenvalue weighted by Crippen LogP contribution is -2.51. The number of hydrogen-bond donors (Lipinski definition) is 2. The van der Waals surface area contributed by atoms with Crippen LogP contribution in [0.2, 0.25) is 0 Å². The second-order valence-corrected chi connectivity index (χ2v) is 9.98. The number of rotatable bonds is 5. The van der Waals surface area contributed by atoms with E-state index in [1.54, 1.807) is 6.07 Å². The summed E-state index contributed by atoms with van der Waals surface area (Å²) in [5.41, 5.74) is 9.44. The molecule has 1 aromatic carbocycles. The van der Waals surface area contributed by atoms with Crippen LogP contribution in [-0.4, -0.2) is 61.1 Å². The average molecular weight is 514 g/mol. The lowest BCUT2D eigenvalue weighted by Gasteiger charge is -2.41. The van der Waals surface area contributed by atoms with Gasteiger partial charge in [-0.1, -0.05) is 19.1 Å². The summed E-state index contributed by atoms with van der Waals surface area (Å²) in [5.74, 6) is -3.36. The summed E-state index contributed by atoms with van der Waals surface area (Å²) < 4.78 is 46.9. The summed E-state index contributed by atoms with van der Waals surface area (Å²) in [4.78, 5) is 32.5. The molecule has 2 unspecified atom stereocenters. The third-order valence-electron chi connectivity index (χ3n) is 7.00. The van der Waals surface area contributed by atoms with Gasteiger partial charge in [0.25, 0.3) is 5.91 Å². The number of piperidine rings is 1. The topological polar surface area (TPSA) is 106 Å². The Kier molecular flexibility index (Phi) is 7.14. The maximum Gasteiger partial charge on any atom is 0.253 e. The lowest BCUT2D eigenvalue weighted by atomic mass is 9.69. The minimum Gasteiger partial charge on any atom is -0.369 e. The van der Waals surface area contributed by atoms with E-state index in [2.05, 4.69) is 4.98 Å². The molecule has 10 heteroatoms. The Morgan fingerprint density at radius 3 is 2.54 bits per heavy atom. The van der Waals surface area contributed by atoms with Crippen LogP contribution in [-0.2, 0) is 10.2 Å². The van der Waals surface area contributed by atoms with E-state index in [4.69, 9.17) is 11.5 Å². The molecule has 2 heterocycles. The summed E-state index contributed by atoms with van der Waals surface area (Å²) in [6.07, 6.45) is 3.28. The Morgan fingerprint density at radius 2 is 1.92 bits per heavy atom. The Bertz CT molecular complexity index is 1280. The van der Waals surface area contributed by atoms with Crippen LogP contribution in [0.4, 0.5) is 18.9 Å². The fourth-order valence-corrected chi connectivity index (χ4v) is 5.26. The number of benzene rings is 1. The van der Waals surface area contributed by atoms with Crippen LogP contribution in [0.1, 0.15) is 34.8 Å². The number of nitrogens with zero attached hydrogens (tertiary/aromatic N) is 3. The first-order chi connectivity index (χ1) is 17.5. The van der Waals surface area contributed by atoms with E-state index in [1.807, 2.05) is 11.8 Å². The number of hydrogen-bond acceptors (Lipinski definition) is 5. The molecule has 37 heavy (non-hydrogen) atoms. The normalized spacial score (nSPS) is 25.8. The van der Waals surface area contributed by atoms with Gasteiger partial charge in [0.15, 0.2) is 6.17 Å². The van der Waals surface area contributed by atoms with E-state index in [9.17, 15) is 9.59 Å². The van der Waals surface area contributed by atoms with E-state index in [-0.39, 0.29) is 23.1 Å². The quantitative estimate of drug-likeness (QED) is 0.639. The third-order valence-corrected chi connectivity index (χ3v) is 7.00. The highest BCUT2D eigenvalue weighted by atomic mass is 19.1. The predicted molar refractivity (Wildman–Crippen MR) is 136 cm³/mol. The van der Waals surface area contributed by atoms with Crippen LogP contribution in [0.15, 0.2) is 54.6 Å². The van der Waals surface area contributed by atoms with Gasteiger partial charge in [-0.05, 0) is 36.6 Å². The summed E-state index contributed by atoms with van der Waals surface area (Å²) in [5, 5.41) is 0. The smallest absolute Gasteiger partial charge is 0.253 e. The fraction of sp³-hybridized carbons (Fsp3) is 0.370. The van der Waals surface area contributed by atoms with E-state index in [0.29, 0.717) is 18.8 Å². The number of allylic oxidation sites excluding steroid dienone is 3. The number of aromatic nitrogens is 1. The maximum absolute atomic E-state index is 16.5. The van der Waals surface area contributed by atoms with Crippen molar-refractivity contribution in [3.63, 3.8) is 0 Å². The Hall–Kier alpha value is -3.66. The first kappa shape index (κ1) is 26.4. The molecule has 2 aliphatic rings. The van der Waals surface area contributed by atoms with E-state index in [1.165, 1.54) is 37.5 Å². The average Bonchev–Trinajstić information content (AvgIpc) is 2.84. The molecule has 196 valence electrons. The highest BCUT2D eigenvalue weighted by molar-refractivity contribution is 5.98. The first-order valence-electron chi connectivity index (χ1n) is 12.0. The van der Waals surface area contributed by atoms with Gasteiger partial charge in [-0.15, -0.1) is 0 Å². The molecule has 2 amide bonds. The highest BCUT2D eigenvalue weighted by Gasteiger charge is 2.52. The molecule has 0 radical (unpaired) electrons. The maximum atomic E-state index is 16.5. The molecule has 7 nitrogen and oxygen atoms in total. The van der Waals surface area contributed by atoms with Crippen molar-refractivity contribution in [2.75, 3.05) is 32.1 Å². The van der Waals surface area contributed by atoms with Crippen molar-refractivity contribution in [3.8, 4) is 0 Å². The monoisotopic (exact) mass is 513 g/mol. The molecular formula is C27H30F3N5O2. The number of nitrogens with two attached hydrogens (primary N) is 2. The second-order valence-electron chi connectivity index (χ2n) is 9.98. The minimum absolute atomic E-state index is 0.0142. The van der Waals surface area contributed by atoms with Crippen molar-refractivity contribution >= 4 is 23.1 Å².